The molecule has 0 aliphatic heterocycles. The fraction of sp³-hybridized carbons (Fsp3) is 0.611. The Hall–Kier alpha value is -0.780. The Morgan fingerprint density at radius 1 is 1.30 bits per heavy atom. The molecule has 1 aliphatic carbocycles. The van der Waals surface area contributed by atoms with Crippen molar-refractivity contribution in [2.24, 2.45) is 5.41 Å². The summed E-state index contributed by atoms with van der Waals surface area (Å²) < 4.78 is 6.95. The highest BCUT2D eigenvalue weighted by Gasteiger charge is 2.30. The van der Waals surface area contributed by atoms with E-state index in [9.17, 15) is 0 Å². The molecule has 5 heteroatoms. The molecule has 0 radical (unpaired) electrons. The van der Waals surface area contributed by atoms with Crippen LogP contribution >= 0.6 is 24.2 Å². The quantitative estimate of drug-likeness (QED) is 0.626. The normalized spacial score (nSPS) is 16.6. The Morgan fingerprint density at radius 2 is 2.04 bits per heavy atom. The van der Waals surface area contributed by atoms with E-state index >= 15 is 0 Å². The average molecular weight is 351 g/mol. The first-order valence-corrected chi connectivity index (χ1v) is 9.44. The average Bonchev–Trinajstić information content (AvgIpc) is 2.94. The molecule has 23 heavy (non-hydrogen) atoms. The molecule has 0 fully saturated rings. The molecule has 1 aliphatic rings. The van der Waals surface area contributed by atoms with Crippen molar-refractivity contribution < 1.29 is 4.18 Å². The van der Waals surface area contributed by atoms with Crippen LogP contribution in [0.3, 0.4) is 0 Å². The lowest BCUT2D eigenvalue weighted by atomic mass is 9.76. The highest BCUT2D eigenvalue weighted by atomic mass is 32.1. The molecule has 3 rings (SSSR count). The monoisotopic (exact) mass is 350 g/mol. The Morgan fingerprint density at radius 3 is 2.74 bits per heavy atom. The van der Waals surface area contributed by atoms with Crippen molar-refractivity contribution in [3.63, 3.8) is 0 Å². The van der Waals surface area contributed by atoms with E-state index < -0.39 is 0 Å². The van der Waals surface area contributed by atoms with E-state index in [1.165, 1.54) is 41.0 Å². The summed E-state index contributed by atoms with van der Waals surface area (Å²) in [5.74, 6) is 0. The van der Waals surface area contributed by atoms with Gasteiger partial charge < -0.3 is 4.18 Å². The molecule has 126 valence electrons. The second kappa shape index (κ2) is 6.26. The molecular weight excluding hydrogens is 324 g/mol. The van der Waals surface area contributed by atoms with E-state index in [0.29, 0.717) is 12.0 Å². The number of hydrogen-bond donors (Lipinski definition) is 1. The number of fused-ring (bicyclic) bond motifs is 1. The van der Waals surface area contributed by atoms with Crippen LogP contribution in [0.1, 0.15) is 47.7 Å². The van der Waals surface area contributed by atoms with Crippen molar-refractivity contribution in [2.75, 3.05) is 6.61 Å². The molecule has 0 N–H and O–H groups in total. The Balaban J connectivity index is 2.04. The minimum atomic E-state index is 0.425. The number of rotatable bonds is 4. The fourth-order valence-corrected chi connectivity index (χ4v) is 5.22. The lowest BCUT2D eigenvalue weighted by Gasteiger charge is -2.29. The third-order valence-electron chi connectivity index (χ3n) is 5.04. The number of thiol groups is 1. The van der Waals surface area contributed by atoms with Gasteiger partial charge in [-0.25, -0.2) is 0 Å². The van der Waals surface area contributed by atoms with Crippen LogP contribution in [-0.4, -0.2) is 16.4 Å². The van der Waals surface area contributed by atoms with Crippen LogP contribution in [0.5, 0.6) is 0 Å². The minimum Gasteiger partial charge on any atom is -0.317 e. The third kappa shape index (κ3) is 3.11. The SMILES string of the molecule is Cc1nn(CCOS)c(C)c1-c1sc2c(c1C)CC(C)(C)CC2. The van der Waals surface area contributed by atoms with Crippen molar-refractivity contribution in [3.8, 4) is 10.4 Å². The second-order valence-electron chi connectivity index (χ2n) is 7.40. The number of aromatic nitrogens is 2. The molecule has 2 heterocycles. The maximum atomic E-state index is 4.90. The van der Waals surface area contributed by atoms with Crippen molar-refractivity contribution in [3.05, 3.63) is 27.4 Å². The van der Waals surface area contributed by atoms with Gasteiger partial charge in [0.25, 0.3) is 0 Å². The Kier molecular flexibility index (Phi) is 4.64. The third-order valence-corrected chi connectivity index (χ3v) is 6.64. The molecule has 0 bridgehead atoms. The lowest BCUT2D eigenvalue weighted by molar-refractivity contribution is 0.317. The number of hydrogen-bond acceptors (Lipinski definition) is 4. The Labute approximate surface area is 148 Å². The van der Waals surface area contributed by atoms with Crippen molar-refractivity contribution in [1.29, 1.82) is 0 Å². The molecular formula is C18H26N2OS2. The van der Waals surface area contributed by atoms with Gasteiger partial charge in [0.2, 0.25) is 0 Å². The summed E-state index contributed by atoms with van der Waals surface area (Å²) in [6.45, 7) is 12.7. The summed E-state index contributed by atoms with van der Waals surface area (Å²) in [5.41, 5.74) is 7.14. The van der Waals surface area contributed by atoms with E-state index in [1.807, 2.05) is 16.0 Å². The largest absolute Gasteiger partial charge is 0.317 e. The van der Waals surface area contributed by atoms with Gasteiger partial charge in [0.15, 0.2) is 0 Å². The fourth-order valence-electron chi connectivity index (χ4n) is 3.67. The maximum Gasteiger partial charge on any atom is 0.0807 e. The smallest absolute Gasteiger partial charge is 0.0807 e. The van der Waals surface area contributed by atoms with Gasteiger partial charge in [-0.1, -0.05) is 13.8 Å². The maximum absolute atomic E-state index is 4.90. The molecule has 0 saturated heterocycles. The number of aryl methyl sites for hydroxylation is 2. The van der Waals surface area contributed by atoms with Gasteiger partial charge in [-0.15, -0.1) is 11.3 Å². The summed E-state index contributed by atoms with van der Waals surface area (Å²) in [6, 6.07) is 0. The van der Waals surface area contributed by atoms with Gasteiger partial charge in [-0.3, -0.25) is 4.68 Å². The van der Waals surface area contributed by atoms with E-state index in [2.05, 4.69) is 47.5 Å². The molecule has 0 unspecified atom stereocenters. The summed E-state index contributed by atoms with van der Waals surface area (Å²) in [5, 5.41) is 4.71. The molecule has 2 aromatic rings. The summed E-state index contributed by atoms with van der Waals surface area (Å²) in [6.07, 6.45) is 3.70. The van der Waals surface area contributed by atoms with Gasteiger partial charge in [-0.2, -0.15) is 5.10 Å². The van der Waals surface area contributed by atoms with Crippen molar-refractivity contribution >= 4 is 24.2 Å². The number of thiophene rings is 1. The first-order valence-electron chi connectivity index (χ1n) is 8.26. The highest BCUT2D eigenvalue weighted by Crippen LogP contribution is 2.45. The van der Waals surface area contributed by atoms with Crippen LogP contribution in [0.4, 0.5) is 0 Å². The topological polar surface area (TPSA) is 27.1 Å². The van der Waals surface area contributed by atoms with E-state index in [-0.39, 0.29) is 0 Å². The van der Waals surface area contributed by atoms with Gasteiger partial charge in [-0.05, 0) is 69.5 Å². The summed E-state index contributed by atoms with van der Waals surface area (Å²) in [7, 11) is 0. The van der Waals surface area contributed by atoms with Crippen LogP contribution in [0.15, 0.2) is 0 Å². The van der Waals surface area contributed by atoms with Crippen LogP contribution in [0, 0.1) is 26.2 Å². The summed E-state index contributed by atoms with van der Waals surface area (Å²) >= 11 is 5.81. The standard InChI is InChI=1S/C18H26N2OS2/c1-11-14-10-18(4,5)7-6-15(14)23-17(11)16-12(2)19-20(13(16)3)8-9-21-22/h22H,6-10H2,1-5H3. The zero-order chi connectivity index (χ0) is 16.8. The number of nitrogens with zero attached hydrogens (tertiary/aromatic N) is 2. The van der Waals surface area contributed by atoms with Crippen molar-refractivity contribution in [1.82, 2.24) is 9.78 Å². The van der Waals surface area contributed by atoms with Crippen LogP contribution in [0.2, 0.25) is 0 Å². The molecule has 0 atom stereocenters. The predicted molar refractivity (Wildman–Crippen MR) is 100 cm³/mol. The lowest BCUT2D eigenvalue weighted by Crippen LogP contribution is -2.21. The second-order valence-corrected chi connectivity index (χ2v) is 8.76. The molecule has 3 nitrogen and oxygen atoms in total. The summed E-state index contributed by atoms with van der Waals surface area (Å²) in [4.78, 5) is 3.00. The van der Waals surface area contributed by atoms with Gasteiger partial charge in [0.05, 0.1) is 18.8 Å². The van der Waals surface area contributed by atoms with E-state index in [0.717, 1.165) is 12.2 Å². The first-order chi connectivity index (χ1) is 10.8. The van der Waals surface area contributed by atoms with Gasteiger partial charge >= 0.3 is 0 Å². The molecule has 0 spiro atoms. The van der Waals surface area contributed by atoms with Gasteiger partial charge in [0, 0.05) is 21.0 Å². The van der Waals surface area contributed by atoms with E-state index in [4.69, 9.17) is 9.28 Å². The van der Waals surface area contributed by atoms with Crippen LogP contribution < -0.4 is 0 Å². The molecule has 0 amide bonds. The first kappa shape index (κ1) is 17.1. The molecule has 0 aromatic carbocycles. The highest BCUT2D eigenvalue weighted by molar-refractivity contribution is 7.75. The predicted octanol–water partition coefficient (Wildman–Crippen LogP) is 4.91. The van der Waals surface area contributed by atoms with Crippen LogP contribution in [0.25, 0.3) is 10.4 Å². The Bertz CT molecular complexity index is 728. The van der Waals surface area contributed by atoms with Gasteiger partial charge in [0.1, 0.15) is 0 Å². The van der Waals surface area contributed by atoms with Crippen molar-refractivity contribution in [2.45, 2.75) is 60.4 Å². The van der Waals surface area contributed by atoms with Crippen LogP contribution in [-0.2, 0) is 23.6 Å². The minimum absolute atomic E-state index is 0.425. The van der Waals surface area contributed by atoms with E-state index in [1.54, 1.807) is 10.4 Å². The zero-order valence-electron chi connectivity index (χ0n) is 14.7. The molecule has 2 aromatic heterocycles. The molecule has 0 saturated carbocycles. The zero-order valence-corrected chi connectivity index (χ0v) is 16.4.